The Labute approximate surface area is 115 Å². The van der Waals surface area contributed by atoms with Crippen LogP contribution in [0.1, 0.15) is 30.6 Å². The molecule has 18 heavy (non-hydrogen) atoms. The van der Waals surface area contributed by atoms with Gasteiger partial charge in [-0.05, 0) is 24.1 Å². The van der Waals surface area contributed by atoms with Crippen LogP contribution in [0.25, 0.3) is 0 Å². The van der Waals surface area contributed by atoms with Crippen LogP contribution in [0.4, 0.5) is 5.69 Å². The Morgan fingerprint density at radius 3 is 2.56 bits per heavy atom. The molecule has 1 rings (SSSR count). The molecule has 2 N–H and O–H groups in total. The molecule has 0 spiro atoms. The second-order valence-corrected chi connectivity index (χ2v) is 5.33. The summed E-state index contributed by atoms with van der Waals surface area (Å²) in [6.07, 6.45) is 0.430. The van der Waals surface area contributed by atoms with E-state index in [2.05, 4.69) is 26.6 Å². The third-order valence-corrected chi connectivity index (χ3v) is 2.81. The van der Waals surface area contributed by atoms with E-state index in [-0.39, 0.29) is 17.7 Å². The van der Waals surface area contributed by atoms with E-state index in [1.165, 1.54) is 0 Å². The summed E-state index contributed by atoms with van der Waals surface area (Å²) in [6.45, 7) is 3.94. The lowest BCUT2D eigenvalue weighted by Gasteiger charge is -2.11. The first-order chi connectivity index (χ1) is 8.43. The van der Waals surface area contributed by atoms with Crippen LogP contribution in [0, 0.1) is 5.92 Å². The number of rotatable bonds is 4. The number of anilines is 1. The van der Waals surface area contributed by atoms with Gasteiger partial charge in [0.05, 0.1) is 11.3 Å². The number of benzene rings is 1. The lowest BCUT2D eigenvalue weighted by molar-refractivity contribution is -0.116. The van der Waals surface area contributed by atoms with Crippen LogP contribution in [-0.4, -0.2) is 18.9 Å². The number of nitrogens with one attached hydrogen (secondary N) is 2. The molecule has 0 aliphatic heterocycles. The highest BCUT2D eigenvalue weighted by Crippen LogP contribution is 2.22. The van der Waals surface area contributed by atoms with Crippen LogP contribution in [0.15, 0.2) is 22.7 Å². The maximum absolute atomic E-state index is 11.7. The fourth-order valence-corrected chi connectivity index (χ4v) is 1.89. The average molecular weight is 313 g/mol. The normalized spacial score (nSPS) is 10.3. The van der Waals surface area contributed by atoms with E-state index in [1.807, 2.05) is 13.8 Å². The van der Waals surface area contributed by atoms with Crippen molar-refractivity contribution in [1.29, 1.82) is 0 Å². The van der Waals surface area contributed by atoms with Gasteiger partial charge in [0.1, 0.15) is 0 Å². The summed E-state index contributed by atoms with van der Waals surface area (Å²) in [7, 11) is 1.56. The van der Waals surface area contributed by atoms with Crippen molar-refractivity contribution < 1.29 is 9.59 Å². The Balaban J connectivity index is 2.95. The predicted octanol–water partition coefficient (Wildman–Crippen LogP) is 2.79. The molecule has 0 saturated heterocycles. The van der Waals surface area contributed by atoms with Gasteiger partial charge in [-0.25, -0.2) is 0 Å². The van der Waals surface area contributed by atoms with Crippen LogP contribution in [0.5, 0.6) is 0 Å². The summed E-state index contributed by atoms with van der Waals surface area (Å²) in [5.41, 5.74) is 0.979. The first kappa shape index (κ1) is 14.7. The van der Waals surface area contributed by atoms with Gasteiger partial charge in [-0.3, -0.25) is 9.59 Å². The van der Waals surface area contributed by atoms with Crippen molar-refractivity contribution in [2.45, 2.75) is 20.3 Å². The van der Waals surface area contributed by atoms with Crippen molar-refractivity contribution in [1.82, 2.24) is 5.32 Å². The Kier molecular flexibility index (Phi) is 5.34. The van der Waals surface area contributed by atoms with E-state index in [1.54, 1.807) is 25.2 Å². The molecular formula is C13H17BrN2O2. The van der Waals surface area contributed by atoms with Crippen molar-refractivity contribution in [2.75, 3.05) is 12.4 Å². The summed E-state index contributed by atoms with van der Waals surface area (Å²) in [5, 5.41) is 5.32. The van der Waals surface area contributed by atoms with E-state index >= 15 is 0 Å². The Hall–Kier alpha value is -1.36. The molecule has 0 aliphatic carbocycles. The fourth-order valence-electron chi connectivity index (χ4n) is 1.52. The first-order valence-corrected chi connectivity index (χ1v) is 6.54. The quantitative estimate of drug-likeness (QED) is 0.898. The van der Waals surface area contributed by atoms with Gasteiger partial charge in [-0.15, -0.1) is 0 Å². The van der Waals surface area contributed by atoms with E-state index in [4.69, 9.17) is 0 Å². The summed E-state index contributed by atoms with van der Waals surface area (Å²) < 4.78 is 0.815. The number of carbonyl (C=O) groups excluding carboxylic acids is 2. The number of halogens is 1. The molecule has 4 nitrogen and oxygen atoms in total. The second kappa shape index (κ2) is 6.54. The Morgan fingerprint density at radius 1 is 1.33 bits per heavy atom. The van der Waals surface area contributed by atoms with Gasteiger partial charge in [0.2, 0.25) is 5.91 Å². The minimum atomic E-state index is -0.220. The molecule has 2 amide bonds. The molecule has 0 radical (unpaired) electrons. The summed E-state index contributed by atoms with van der Waals surface area (Å²) >= 11 is 3.33. The molecule has 0 aromatic heterocycles. The lowest BCUT2D eigenvalue weighted by atomic mass is 10.1. The standard InChI is InChI=1S/C13H17BrN2O2/c1-8(2)6-12(17)16-11-7-9(14)4-5-10(11)13(18)15-3/h4-5,7-8H,6H2,1-3H3,(H,15,18)(H,16,17). The summed E-state index contributed by atoms with van der Waals surface area (Å²) in [6, 6.07) is 5.17. The van der Waals surface area contributed by atoms with Crippen molar-refractivity contribution >= 4 is 33.4 Å². The molecule has 0 unspecified atom stereocenters. The lowest BCUT2D eigenvalue weighted by Crippen LogP contribution is -2.22. The largest absolute Gasteiger partial charge is 0.355 e. The number of hydrogen-bond acceptors (Lipinski definition) is 2. The highest BCUT2D eigenvalue weighted by atomic mass is 79.9. The zero-order valence-corrected chi connectivity index (χ0v) is 12.3. The van der Waals surface area contributed by atoms with Crippen LogP contribution in [0.3, 0.4) is 0 Å². The molecule has 5 heteroatoms. The van der Waals surface area contributed by atoms with Gasteiger partial charge in [0, 0.05) is 17.9 Å². The molecule has 0 aliphatic rings. The zero-order valence-electron chi connectivity index (χ0n) is 10.7. The monoisotopic (exact) mass is 312 g/mol. The second-order valence-electron chi connectivity index (χ2n) is 4.42. The van der Waals surface area contributed by atoms with Gasteiger partial charge in [0.15, 0.2) is 0 Å². The minimum Gasteiger partial charge on any atom is -0.355 e. The Morgan fingerprint density at radius 2 is 2.00 bits per heavy atom. The molecule has 0 bridgehead atoms. The minimum absolute atomic E-state index is 0.0896. The van der Waals surface area contributed by atoms with E-state index in [0.717, 1.165) is 4.47 Å². The van der Waals surface area contributed by atoms with Crippen LogP contribution < -0.4 is 10.6 Å². The number of carbonyl (C=O) groups is 2. The molecule has 1 aromatic rings. The van der Waals surface area contributed by atoms with Crippen molar-refractivity contribution in [2.24, 2.45) is 5.92 Å². The van der Waals surface area contributed by atoms with Gasteiger partial charge < -0.3 is 10.6 Å². The highest BCUT2D eigenvalue weighted by Gasteiger charge is 2.13. The molecule has 0 saturated carbocycles. The maximum Gasteiger partial charge on any atom is 0.253 e. The van der Waals surface area contributed by atoms with Gasteiger partial charge in [-0.1, -0.05) is 29.8 Å². The van der Waals surface area contributed by atoms with Crippen LogP contribution in [-0.2, 0) is 4.79 Å². The van der Waals surface area contributed by atoms with E-state index < -0.39 is 0 Å². The van der Waals surface area contributed by atoms with E-state index in [0.29, 0.717) is 17.7 Å². The predicted molar refractivity (Wildman–Crippen MR) is 75.6 cm³/mol. The van der Waals surface area contributed by atoms with Gasteiger partial charge in [0.25, 0.3) is 5.91 Å². The summed E-state index contributed by atoms with van der Waals surface area (Å²) in [4.78, 5) is 23.4. The molecular weight excluding hydrogens is 296 g/mol. The molecule has 1 aromatic carbocycles. The fraction of sp³-hybridized carbons (Fsp3) is 0.385. The van der Waals surface area contributed by atoms with Crippen molar-refractivity contribution in [3.63, 3.8) is 0 Å². The SMILES string of the molecule is CNC(=O)c1ccc(Br)cc1NC(=O)CC(C)C. The van der Waals surface area contributed by atoms with Gasteiger partial charge >= 0.3 is 0 Å². The van der Waals surface area contributed by atoms with E-state index in [9.17, 15) is 9.59 Å². The first-order valence-electron chi connectivity index (χ1n) is 5.75. The third-order valence-electron chi connectivity index (χ3n) is 2.32. The number of hydrogen-bond donors (Lipinski definition) is 2. The highest BCUT2D eigenvalue weighted by molar-refractivity contribution is 9.10. The molecule has 98 valence electrons. The van der Waals surface area contributed by atoms with Gasteiger partial charge in [-0.2, -0.15) is 0 Å². The van der Waals surface area contributed by atoms with Crippen molar-refractivity contribution in [3.05, 3.63) is 28.2 Å². The van der Waals surface area contributed by atoms with Crippen LogP contribution >= 0.6 is 15.9 Å². The zero-order chi connectivity index (χ0) is 13.7. The molecule has 0 atom stereocenters. The smallest absolute Gasteiger partial charge is 0.253 e. The maximum atomic E-state index is 11.7. The molecule has 0 fully saturated rings. The third kappa shape index (κ3) is 4.14. The van der Waals surface area contributed by atoms with Crippen LogP contribution in [0.2, 0.25) is 0 Å². The Bertz CT molecular complexity index is 458. The topological polar surface area (TPSA) is 58.2 Å². The number of amides is 2. The summed E-state index contributed by atoms with van der Waals surface area (Å²) in [5.74, 6) is -0.0313. The molecule has 0 heterocycles. The average Bonchev–Trinajstić information content (AvgIpc) is 2.27. The van der Waals surface area contributed by atoms with Crippen molar-refractivity contribution in [3.8, 4) is 0 Å².